The SMILES string of the molecule is Cc1c(S(C)(=O)=O)c(-c2cc(F)cc(N3CCN(c4ccc(N5CCCO[P@@]5c5ccc(N[C@H](CCN(C)C)CSc6ccccc6)c([N+](=O)[O-])c5)cc4)CC3)c2)c(-c2ccc(Cl)cc2)n1C(C)C. The van der Waals surface area contributed by atoms with Crippen molar-refractivity contribution in [2.24, 2.45) is 0 Å². The fourth-order valence-corrected chi connectivity index (χ4v) is 13.6. The Morgan fingerprint density at radius 2 is 1.54 bits per heavy atom. The van der Waals surface area contributed by atoms with Crippen LogP contribution in [0.1, 0.15) is 38.4 Å². The summed E-state index contributed by atoms with van der Waals surface area (Å²) in [5, 5.41) is 17.5. The lowest BCUT2D eigenvalue weighted by Gasteiger charge is -2.38. The third-order valence-electron chi connectivity index (χ3n) is 12.6. The topological polar surface area (TPSA) is 116 Å². The second-order valence-electron chi connectivity index (χ2n) is 18.2. The molecule has 17 heteroatoms. The van der Waals surface area contributed by atoms with Crippen molar-refractivity contribution in [3.63, 3.8) is 0 Å². The van der Waals surface area contributed by atoms with Crippen LogP contribution in [0.15, 0.2) is 125 Å². The van der Waals surface area contributed by atoms with Gasteiger partial charge in [0.05, 0.1) is 22.1 Å². The van der Waals surface area contributed by atoms with E-state index in [9.17, 15) is 18.5 Å². The molecule has 0 spiro atoms. The van der Waals surface area contributed by atoms with E-state index in [1.54, 1.807) is 30.0 Å². The lowest BCUT2D eigenvalue weighted by molar-refractivity contribution is -0.383. The number of nitrogens with zero attached hydrogens (tertiary/aromatic N) is 6. The highest BCUT2D eigenvalue weighted by Crippen LogP contribution is 2.48. The van der Waals surface area contributed by atoms with E-state index < -0.39 is 24.0 Å². The summed E-state index contributed by atoms with van der Waals surface area (Å²) in [5.74, 6) is 0.315. The number of halogens is 2. The number of nitro benzene ring substituents is 1. The van der Waals surface area contributed by atoms with E-state index in [1.165, 1.54) is 18.4 Å². The van der Waals surface area contributed by atoms with Crippen LogP contribution in [-0.2, 0) is 14.4 Å². The van der Waals surface area contributed by atoms with Gasteiger partial charge in [0.2, 0.25) is 0 Å². The van der Waals surface area contributed by atoms with Crippen molar-refractivity contribution in [2.45, 2.75) is 55.5 Å². The Morgan fingerprint density at radius 1 is 0.870 bits per heavy atom. The van der Waals surface area contributed by atoms with Crippen molar-refractivity contribution in [1.29, 1.82) is 0 Å². The van der Waals surface area contributed by atoms with Crippen LogP contribution in [0.3, 0.4) is 0 Å². The van der Waals surface area contributed by atoms with E-state index in [1.807, 2.05) is 88.0 Å². The van der Waals surface area contributed by atoms with Crippen molar-refractivity contribution < 1.29 is 22.3 Å². The van der Waals surface area contributed by atoms with Gasteiger partial charge in [-0.25, -0.2) is 12.8 Å². The molecule has 2 aliphatic heterocycles. The van der Waals surface area contributed by atoms with Crippen LogP contribution in [0.25, 0.3) is 22.4 Å². The highest BCUT2D eigenvalue weighted by atomic mass is 35.5. The number of hydrogen-bond acceptors (Lipinski definition) is 11. The molecular formula is C52H60ClFN7O5PS2. The molecule has 2 fully saturated rings. The van der Waals surface area contributed by atoms with E-state index >= 15 is 4.39 Å². The molecule has 8 rings (SSSR count). The van der Waals surface area contributed by atoms with Gasteiger partial charge in [-0.15, -0.1) is 11.8 Å². The third kappa shape index (κ3) is 11.7. The molecule has 1 aromatic heterocycles. The van der Waals surface area contributed by atoms with Crippen molar-refractivity contribution in [3.8, 4) is 22.4 Å². The first-order chi connectivity index (χ1) is 33.0. The van der Waals surface area contributed by atoms with Gasteiger partial charge >= 0.3 is 0 Å². The van der Waals surface area contributed by atoms with E-state index in [0.29, 0.717) is 71.7 Å². The third-order valence-corrected chi connectivity index (χ3v) is 17.2. The summed E-state index contributed by atoms with van der Waals surface area (Å²) in [4.78, 5) is 20.2. The van der Waals surface area contributed by atoms with E-state index in [0.717, 1.165) is 58.8 Å². The first-order valence-electron chi connectivity index (χ1n) is 23.3. The summed E-state index contributed by atoms with van der Waals surface area (Å²) >= 11 is 8.02. The molecule has 6 aromatic rings. The largest absolute Gasteiger partial charge is 0.376 e. The Labute approximate surface area is 416 Å². The molecule has 2 aliphatic rings. The van der Waals surface area contributed by atoms with Gasteiger partial charge in [-0.05, 0) is 144 Å². The molecule has 3 heterocycles. The maximum atomic E-state index is 15.8. The number of thioether (sulfide) groups is 1. The van der Waals surface area contributed by atoms with Crippen LogP contribution in [0.2, 0.25) is 5.02 Å². The highest BCUT2D eigenvalue weighted by Gasteiger charge is 2.32. The molecule has 0 unspecified atom stereocenters. The quantitative estimate of drug-likeness (QED) is 0.0407. The Kier molecular flexibility index (Phi) is 15.9. The van der Waals surface area contributed by atoms with Crippen molar-refractivity contribution in [2.75, 3.05) is 91.8 Å². The van der Waals surface area contributed by atoms with Crippen LogP contribution in [0, 0.1) is 22.9 Å². The van der Waals surface area contributed by atoms with E-state index in [4.69, 9.17) is 16.1 Å². The molecule has 364 valence electrons. The summed E-state index contributed by atoms with van der Waals surface area (Å²) in [6, 6.07) is 36.2. The Bertz CT molecular complexity index is 2860. The first kappa shape index (κ1) is 50.2. The average molecular weight is 1010 g/mol. The maximum Gasteiger partial charge on any atom is 0.293 e. The van der Waals surface area contributed by atoms with Crippen molar-refractivity contribution in [3.05, 3.63) is 142 Å². The molecule has 69 heavy (non-hydrogen) atoms. The monoisotopic (exact) mass is 1010 g/mol. The number of hydrogen-bond donors (Lipinski definition) is 1. The number of anilines is 4. The van der Waals surface area contributed by atoms with Gasteiger partial charge < -0.3 is 33.8 Å². The summed E-state index contributed by atoms with van der Waals surface area (Å²) in [6.45, 7) is 10.6. The fraction of sp³-hybridized carbons (Fsp3) is 0.346. The highest BCUT2D eigenvalue weighted by molar-refractivity contribution is 7.99. The van der Waals surface area contributed by atoms with Crippen LogP contribution in [0.4, 0.5) is 32.8 Å². The molecule has 0 radical (unpaired) electrons. The van der Waals surface area contributed by atoms with Gasteiger partial charge in [0.15, 0.2) is 18.1 Å². The fourth-order valence-electron chi connectivity index (χ4n) is 9.33. The van der Waals surface area contributed by atoms with Crippen molar-refractivity contribution in [1.82, 2.24) is 9.47 Å². The lowest BCUT2D eigenvalue weighted by atomic mass is 9.99. The number of sulfone groups is 1. The molecule has 12 nitrogen and oxygen atoms in total. The smallest absolute Gasteiger partial charge is 0.293 e. The number of piperazine rings is 1. The zero-order chi connectivity index (χ0) is 49.0. The zero-order valence-corrected chi connectivity index (χ0v) is 43.2. The predicted octanol–water partition coefficient (Wildman–Crippen LogP) is 11.5. The average Bonchev–Trinajstić information content (AvgIpc) is 3.66. The Hall–Kier alpha value is -5.15. The normalized spacial score (nSPS) is 16.1. The molecule has 5 aromatic carbocycles. The van der Waals surface area contributed by atoms with Gasteiger partial charge in [-0.3, -0.25) is 10.1 Å². The molecule has 0 aliphatic carbocycles. The lowest BCUT2D eigenvalue weighted by Crippen LogP contribution is -2.46. The maximum absolute atomic E-state index is 15.8. The number of aromatic nitrogens is 1. The molecule has 1 N–H and O–H groups in total. The van der Waals surface area contributed by atoms with Gasteiger partial charge in [0, 0.05) is 106 Å². The minimum absolute atomic E-state index is 0.0101. The predicted molar refractivity (Wildman–Crippen MR) is 285 cm³/mol. The van der Waals surface area contributed by atoms with Gasteiger partial charge in [-0.2, -0.15) is 0 Å². The van der Waals surface area contributed by atoms with Crippen molar-refractivity contribution >= 4 is 75.2 Å². The molecular weight excluding hydrogens is 952 g/mol. The first-order valence-corrected chi connectivity index (χ1v) is 27.7. The number of benzene rings is 5. The molecule has 0 bridgehead atoms. The minimum atomic E-state index is -3.73. The van der Waals surface area contributed by atoms with Crippen LogP contribution in [0.5, 0.6) is 0 Å². The van der Waals surface area contributed by atoms with Crippen LogP contribution < -0.4 is 25.1 Å². The Balaban J connectivity index is 0.981. The second-order valence-corrected chi connectivity index (χ2v) is 23.5. The van der Waals surface area contributed by atoms with Gasteiger partial charge in [0.1, 0.15) is 11.5 Å². The van der Waals surface area contributed by atoms with Crippen LogP contribution in [-0.4, -0.2) is 101 Å². The van der Waals surface area contributed by atoms with Crippen LogP contribution >= 0.6 is 31.7 Å². The molecule has 2 saturated heterocycles. The number of nitro groups is 1. The molecule has 2 atom stereocenters. The standard InChI is InChI=1S/C52H60ClFN7O5PS2/c1-36(2)60-37(3)52(69(6,64)65)50(51(60)38-13-15-40(53)16-14-38)39-31-41(54)33-45(32-39)58-28-26-57(27-29-58)43-17-19-44(20-18-43)59-24-10-30-66-67(59)46-21-22-48(49(34-46)61(62)63)55-42(23-25-56(4)5)35-68-47-11-8-7-9-12-47/h7-9,11-22,31-34,36,42,55H,10,23-30,35H2,1-6H3/t42-,67+/m1/s1. The summed E-state index contributed by atoms with van der Waals surface area (Å²) in [6.07, 6.45) is 2.87. The number of nitrogens with one attached hydrogen (secondary N) is 1. The second kappa shape index (κ2) is 21.9. The number of rotatable bonds is 17. The summed E-state index contributed by atoms with van der Waals surface area (Å²) in [5.41, 5.74) is 6.33. The van der Waals surface area contributed by atoms with Gasteiger partial charge in [0.25, 0.3) is 5.69 Å². The minimum Gasteiger partial charge on any atom is -0.376 e. The van der Waals surface area contributed by atoms with Gasteiger partial charge in [-0.1, -0.05) is 41.9 Å². The Morgan fingerprint density at radius 3 is 2.17 bits per heavy atom. The van der Waals surface area contributed by atoms with E-state index in [2.05, 4.69) is 61.1 Å². The summed E-state index contributed by atoms with van der Waals surface area (Å²) in [7, 11) is -1.00. The molecule has 0 amide bonds. The zero-order valence-electron chi connectivity index (χ0n) is 39.9. The summed E-state index contributed by atoms with van der Waals surface area (Å²) < 4.78 is 53.5. The molecule has 0 saturated carbocycles. The van der Waals surface area contributed by atoms with E-state index in [-0.39, 0.29) is 27.6 Å².